The minimum Gasteiger partial charge on any atom is -0.505 e. The molecule has 0 saturated heterocycles. The van der Waals surface area contributed by atoms with Crippen LogP contribution in [0.5, 0.6) is 5.75 Å². The van der Waals surface area contributed by atoms with E-state index >= 15 is 0 Å². The monoisotopic (exact) mass is 179 g/mol. The molecule has 0 bridgehead atoms. The van der Waals surface area contributed by atoms with Gasteiger partial charge in [-0.1, -0.05) is 6.07 Å². The molecule has 0 fully saturated rings. The number of phenols is 1. The van der Waals surface area contributed by atoms with Crippen molar-refractivity contribution in [2.45, 2.75) is 0 Å². The Hall–Kier alpha value is -1.71. The number of hydrogen-bond donors (Lipinski definition) is 2. The van der Waals surface area contributed by atoms with Crippen molar-refractivity contribution in [2.75, 3.05) is 12.8 Å². The average Bonchev–Trinajstić information content (AvgIpc) is 2.08. The van der Waals surface area contributed by atoms with E-state index in [1.165, 1.54) is 19.2 Å². The lowest BCUT2D eigenvalue weighted by atomic mass is 10.1. The number of carbonyl (C=O) groups excluding carboxylic acids is 1. The molecule has 1 rings (SSSR count). The first-order chi connectivity index (χ1) is 6.04. The van der Waals surface area contributed by atoms with Gasteiger partial charge in [0.15, 0.2) is 5.75 Å². The molecule has 69 valence electrons. The van der Waals surface area contributed by atoms with E-state index in [1.807, 2.05) is 0 Å². The molecule has 0 aliphatic heterocycles. The predicted molar refractivity (Wildman–Crippen MR) is 50.0 cm³/mol. The summed E-state index contributed by atoms with van der Waals surface area (Å²) in [5.74, 6) is -0.562. The van der Waals surface area contributed by atoms with Gasteiger partial charge in [0.2, 0.25) is 0 Å². The van der Waals surface area contributed by atoms with Gasteiger partial charge in [-0.25, -0.2) is 0 Å². The molecule has 0 atom stereocenters. The minimum absolute atomic E-state index is 0.164. The van der Waals surface area contributed by atoms with Gasteiger partial charge in [0.05, 0.1) is 11.3 Å². The van der Waals surface area contributed by atoms with Crippen LogP contribution in [-0.4, -0.2) is 23.0 Å². The summed E-state index contributed by atoms with van der Waals surface area (Å²) in [6.45, 7) is 0. The summed E-state index contributed by atoms with van der Waals surface area (Å²) in [5, 5.41) is 9.42. The lowest BCUT2D eigenvalue weighted by Crippen LogP contribution is -2.19. The molecule has 1 amide bonds. The highest BCUT2D eigenvalue weighted by atomic mass is 16.3. The van der Waals surface area contributed by atoms with Crippen LogP contribution in [0.1, 0.15) is 10.4 Å². The summed E-state index contributed by atoms with van der Waals surface area (Å²) >= 11 is 0. The third-order valence-electron chi connectivity index (χ3n) is 1.64. The van der Waals surface area contributed by atoms with Gasteiger partial charge in [-0.05, 0) is 12.1 Å². The molecule has 4 nitrogen and oxygen atoms in total. The first-order valence-electron chi connectivity index (χ1n) is 3.70. The second-order valence-electron chi connectivity index (χ2n) is 2.75. The number of nitrogen functional groups attached to an aromatic ring is 1. The van der Waals surface area contributed by atoms with E-state index in [0.29, 0.717) is 0 Å². The van der Waals surface area contributed by atoms with Crippen molar-refractivity contribution < 1.29 is 9.90 Å². The molecule has 13 heavy (non-hydrogen) atoms. The Labute approximate surface area is 76.6 Å². The van der Waals surface area contributed by atoms with Crippen LogP contribution in [-0.2, 0) is 0 Å². The maximum atomic E-state index is 11.4. The number of amides is 1. The van der Waals surface area contributed by atoms with Crippen LogP contribution >= 0.6 is 0 Å². The topological polar surface area (TPSA) is 66.6 Å². The SMILES string of the molecule is [CH2]N(C)C(=O)c1cccc(N)c1O. The number of rotatable bonds is 1. The number of nitrogens with two attached hydrogens (primary N) is 1. The Morgan fingerprint density at radius 3 is 2.77 bits per heavy atom. The number of carbonyl (C=O) groups is 1. The zero-order valence-electron chi connectivity index (χ0n) is 7.32. The number of nitrogens with zero attached hydrogens (tertiary/aromatic N) is 1. The molecule has 1 radical (unpaired) electrons. The standard InChI is InChI=1S/C9H11N2O2/c1-11(2)9(13)6-4-3-5-7(10)8(6)12/h3-5,12H,1,10H2,2H3. The van der Waals surface area contributed by atoms with Crippen LogP contribution < -0.4 is 5.73 Å². The Morgan fingerprint density at radius 2 is 2.23 bits per heavy atom. The van der Waals surface area contributed by atoms with Crippen molar-refractivity contribution in [2.24, 2.45) is 0 Å². The van der Waals surface area contributed by atoms with E-state index in [1.54, 1.807) is 6.07 Å². The maximum absolute atomic E-state index is 11.4. The highest BCUT2D eigenvalue weighted by molar-refractivity contribution is 5.98. The van der Waals surface area contributed by atoms with E-state index in [4.69, 9.17) is 5.73 Å². The van der Waals surface area contributed by atoms with Gasteiger partial charge in [0.1, 0.15) is 0 Å². The fourth-order valence-corrected chi connectivity index (χ4v) is 0.940. The van der Waals surface area contributed by atoms with E-state index < -0.39 is 0 Å². The molecule has 1 aromatic rings. The molecular formula is C9H11N2O2. The van der Waals surface area contributed by atoms with Gasteiger partial charge in [-0.2, -0.15) is 0 Å². The van der Waals surface area contributed by atoms with Gasteiger partial charge in [0, 0.05) is 14.1 Å². The average molecular weight is 179 g/mol. The maximum Gasteiger partial charge on any atom is 0.257 e. The van der Waals surface area contributed by atoms with Gasteiger partial charge >= 0.3 is 0 Å². The van der Waals surface area contributed by atoms with Crippen molar-refractivity contribution in [1.29, 1.82) is 0 Å². The smallest absolute Gasteiger partial charge is 0.257 e. The second kappa shape index (κ2) is 3.35. The summed E-state index contributed by atoms with van der Waals surface area (Å²) in [6.07, 6.45) is 0. The molecule has 0 aliphatic rings. The molecule has 0 heterocycles. The van der Waals surface area contributed by atoms with E-state index in [0.717, 1.165) is 4.90 Å². The Balaban J connectivity index is 3.15. The Bertz CT molecular complexity index is 334. The van der Waals surface area contributed by atoms with Crippen LogP contribution in [0.25, 0.3) is 0 Å². The fraction of sp³-hybridized carbons (Fsp3) is 0.111. The zero-order chi connectivity index (χ0) is 10.0. The minimum atomic E-state index is -0.371. The molecule has 0 aliphatic carbocycles. The number of para-hydroxylation sites is 1. The molecule has 0 unspecified atom stereocenters. The molecule has 4 heteroatoms. The summed E-state index contributed by atoms with van der Waals surface area (Å²) < 4.78 is 0. The van der Waals surface area contributed by atoms with Crippen LogP contribution in [0, 0.1) is 7.05 Å². The van der Waals surface area contributed by atoms with Crippen molar-refractivity contribution in [1.82, 2.24) is 4.90 Å². The zero-order valence-corrected chi connectivity index (χ0v) is 7.32. The summed E-state index contributed by atoms with van der Waals surface area (Å²) in [6, 6.07) is 4.62. The molecule has 0 spiro atoms. The van der Waals surface area contributed by atoms with Crippen LogP contribution in [0.2, 0.25) is 0 Å². The predicted octanol–water partition coefficient (Wildman–Crippen LogP) is 0.838. The van der Waals surface area contributed by atoms with Crippen LogP contribution in [0.4, 0.5) is 5.69 Å². The van der Waals surface area contributed by atoms with Crippen LogP contribution in [0.3, 0.4) is 0 Å². The van der Waals surface area contributed by atoms with Gasteiger partial charge in [-0.15, -0.1) is 0 Å². The normalized spacial score (nSPS) is 9.69. The lowest BCUT2D eigenvalue weighted by Gasteiger charge is -2.11. The number of hydrogen-bond acceptors (Lipinski definition) is 3. The van der Waals surface area contributed by atoms with Crippen molar-refractivity contribution in [3.05, 3.63) is 30.8 Å². The number of phenolic OH excluding ortho intramolecular Hbond substituents is 1. The summed E-state index contributed by atoms with van der Waals surface area (Å²) in [7, 11) is 4.92. The van der Waals surface area contributed by atoms with Crippen molar-refractivity contribution in [3.63, 3.8) is 0 Å². The molecule has 1 aromatic carbocycles. The lowest BCUT2D eigenvalue weighted by molar-refractivity contribution is 0.0844. The largest absolute Gasteiger partial charge is 0.505 e. The van der Waals surface area contributed by atoms with Crippen LogP contribution in [0.15, 0.2) is 18.2 Å². The highest BCUT2D eigenvalue weighted by Gasteiger charge is 2.13. The second-order valence-corrected chi connectivity index (χ2v) is 2.75. The summed E-state index contributed by atoms with van der Waals surface area (Å²) in [4.78, 5) is 12.5. The molecule has 0 saturated carbocycles. The third-order valence-corrected chi connectivity index (χ3v) is 1.64. The van der Waals surface area contributed by atoms with Crippen molar-refractivity contribution >= 4 is 11.6 Å². The first-order valence-corrected chi connectivity index (χ1v) is 3.70. The number of benzene rings is 1. The first kappa shape index (κ1) is 9.38. The fourth-order valence-electron chi connectivity index (χ4n) is 0.940. The van der Waals surface area contributed by atoms with E-state index in [-0.39, 0.29) is 22.9 Å². The highest BCUT2D eigenvalue weighted by Crippen LogP contribution is 2.24. The Kier molecular flexibility index (Phi) is 2.41. The van der Waals surface area contributed by atoms with E-state index in [2.05, 4.69) is 7.05 Å². The van der Waals surface area contributed by atoms with Gasteiger partial charge < -0.3 is 15.7 Å². The molecule has 3 N–H and O–H groups in total. The molecular weight excluding hydrogens is 168 g/mol. The number of aromatic hydroxyl groups is 1. The summed E-state index contributed by atoms with van der Waals surface area (Å²) in [5.41, 5.74) is 5.77. The Morgan fingerprint density at radius 1 is 1.62 bits per heavy atom. The van der Waals surface area contributed by atoms with E-state index in [9.17, 15) is 9.90 Å². The quantitative estimate of drug-likeness (QED) is 0.496. The number of anilines is 1. The van der Waals surface area contributed by atoms with Gasteiger partial charge in [0.25, 0.3) is 5.91 Å². The molecule has 0 aromatic heterocycles. The third kappa shape index (κ3) is 1.72. The van der Waals surface area contributed by atoms with Crippen molar-refractivity contribution in [3.8, 4) is 5.75 Å². The van der Waals surface area contributed by atoms with Gasteiger partial charge in [-0.3, -0.25) is 4.79 Å².